The molecule has 0 aliphatic carbocycles. The summed E-state index contributed by atoms with van der Waals surface area (Å²) >= 11 is 6.01. The molecule has 0 aromatic heterocycles. The number of carbonyl (C=O) groups is 1. The van der Waals surface area contributed by atoms with E-state index in [1.807, 2.05) is 38.1 Å². The molecular weight excluding hydrogens is 372 g/mol. The molecule has 2 rings (SSSR count). The zero-order valence-corrected chi connectivity index (χ0v) is 16.7. The van der Waals surface area contributed by atoms with Crippen molar-refractivity contribution in [3.8, 4) is 0 Å². The van der Waals surface area contributed by atoms with E-state index >= 15 is 0 Å². The van der Waals surface area contributed by atoms with Gasteiger partial charge in [-0.25, -0.2) is 8.42 Å². The van der Waals surface area contributed by atoms with E-state index < -0.39 is 10.0 Å². The molecule has 2 aromatic rings. The van der Waals surface area contributed by atoms with Crippen molar-refractivity contribution in [2.75, 3.05) is 23.7 Å². The summed E-state index contributed by atoms with van der Waals surface area (Å²) in [7, 11) is -3.50. The van der Waals surface area contributed by atoms with E-state index in [-0.39, 0.29) is 25.4 Å². The lowest BCUT2D eigenvalue weighted by Crippen LogP contribution is -2.38. The molecule has 0 fully saturated rings. The number of sulfonamides is 1. The number of nitrogens with one attached hydrogen (secondary N) is 1. The smallest absolute Gasteiger partial charge is 0.232 e. The van der Waals surface area contributed by atoms with Gasteiger partial charge >= 0.3 is 0 Å². The number of aryl methyl sites for hydroxylation is 2. The Bertz CT molecular complexity index is 880. The van der Waals surface area contributed by atoms with Crippen molar-refractivity contribution in [3.05, 3.63) is 64.2 Å². The van der Waals surface area contributed by atoms with Crippen molar-refractivity contribution in [2.24, 2.45) is 0 Å². The molecule has 0 bridgehead atoms. The molecule has 0 saturated carbocycles. The maximum atomic E-state index is 12.2. The second-order valence-electron chi connectivity index (χ2n) is 6.28. The van der Waals surface area contributed by atoms with Crippen LogP contribution < -0.4 is 9.62 Å². The quantitative estimate of drug-likeness (QED) is 0.784. The fraction of sp³-hybridized carbons (Fsp3) is 0.316. The average molecular weight is 395 g/mol. The van der Waals surface area contributed by atoms with Gasteiger partial charge in [-0.2, -0.15) is 0 Å². The molecule has 0 atom stereocenters. The fourth-order valence-corrected chi connectivity index (χ4v) is 3.71. The average Bonchev–Trinajstić information content (AvgIpc) is 2.55. The third-order valence-corrected chi connectivity index (χ3v) is 5.38. The van der Waals surface area contributed by atoms with Gasteiger partial charge in [0.1, 0.15) is 0 Å². The van der Waals surface area contributed by atoms with E-state index in [4.69, 9.17) is 11.6 Å². The molecule has 1 N–H and O–H groups in total. The summed E-state index contributed by atoms with van der Waals surface area (Å²) in [5.41, 5.74) is 3.37. The molecule has 1 amide bonds. The molecule has 0 aliphatic heterocycles. The lowest BCUT2D eigenvalue weighted by atomic mass is 10.1. The number of halogens is 1. The number of hydrogen-bond acceptors (Lipinski definition) is 3. The van der Waals surface area contributed by atoms with Crippen LogP contribution in [0.1, 0.15) is 16.7 Å². The highest BCUT2D eigenvalue weighted by molar-refractivity contribution is 7.92. The largest absolute Gasteiger partial charge is 0.354 e. The molecule has 0 heterocycles. The zero-order chi connectivity index (χ0) is 19.3. The van der Waals surface area contributed by atoms with Crippen molar-refractivity contribution in [2.45, 2.75) is 20.3 Å². The maximum absolute atomic E-state index is 12.2. The van der Waals surface area contributed by atoms with E-state index in [0.717, 1.165) is 22.9 Å². The van der Waals surface area contributed by atoms with Crippen LogP contribution in [-0.4, -0.2) is 33.7 Å². The summed E-state index contributed by atoms with van der Waals surface area (Å²) in [4.78, 5) is 12.1. The van der Waals surface area contributed by atoms with Crippen molar-refractivity contribution in [3.63, 3.8) is 0 Å². The lowest BCUT2D eigenvalue weighted by Gasteiger charge is -2.24. The second kappa shape index (κ2) is 8.56. The molecule has 0 aliphatic rings. The first-order valence-electron chi connectivity index (χ1n) is 8.23. The van der Waals surface area contributed by atoms with Crippen LogP contribution >= 0.6 is 11.6 Å². The Morgan fingerprint density at radius 1 is 1.12 bits per heavy atom. The molecule has 0 unspecified atom stereocenters. The minimum absolute atomic E-state index is 0.139. The summed E-state index contributed by atoms with van der Waals surface area (Å²) < 4.78 is 25.6. The monoisotopic (exact) mass is 394 g/mol. The number of anilines is 1. The van der Waals surface area contributed by atoms with Crippen LogP contribution in [0.2, 0.25) is 5.02 Å². The summed E-state index contributed by atoms with van der Waals surface area (Å²) in [6.45, 7) is 4.16. The normalized spacial score (nSPS) is 11.2. The number of nitrogens with zero attached hydrogens (tertiary/aromatic N) is 1. The molecule has 2 aromatic carbocycles. The summed E-state index contributed by atoms with van der Waals surface area (Å²) in [5, 5.41) is 3.23. The standard InChI is InChI=1S/C19H23ClN2O3S/c1-14-4-7-16(8-5-14)12-19(23)21-10-11-22(26(3,24)25)18-13-17(20)9-6-15(18)2/h4-9,13H,10-12H2,1-3H3,(H,21,23). The van der Waals surface area contributed by atoms with Gasteiger partial charge in [-0.15, -0.1) is 0 Å². The highest BCUT2D eigenvalue weighted by atomic mass is 35.5. The summed E-state index contributed by atoms with van der Waals surface area (Å²) in [5.74, 6) is -0.148. The minimum Gasteiger partial charge on any atom is -0.354 e. The predicted octanol–water partition coefficient (Wildman–Crippen LogP) is 3.08. The fourth-order valence-electron chi connectivity index (χ4n) is 2.57. The number of amides is 1. The third kappa shape index (κ3) is 5.75. The van der Waals surface area contributed by atoms with E-state index in [9.17, 15) is 13.2 Å². The van der Waals surface area contributed by atoms with Gasteiger partial charge in [0.2, 0.25) is 15.9 Å². The van der Waals surface area contributed by atoms with E-state index in [0.29, 0.717) is 10.7 Å². The summed E-state index contributed by atoms with van der Waals surface area (Å²) in [6.07, 6.45) is 1.40. The van der Waals surface area contributed by atoms with Crippen molar-refractivity contribution >= 4 is 33.2 Å². The van der Waals surface area contributed by atoms with Crippen LogP contribution in [0, 0.1) is 13.8 Å². The first-order valence-corrected chi connectivity index (χ1v) is 10.5. The number of rotatable bonds is 7. The SMILES string of the molecule is Cc1ccc(CC(=O)NCCN(c2cc(Cl)ccc2C)S(C)(=O)=O)cc1. The summed E-state index contributed by atoms with van der Waals surface area (Å²) in [6, 6.07) is 12.8. The Morgan fingerprint density at radius 3 is 2.38 bits per heavy atom. The molecule has 0 radical (unpaired) electrons. The van der Waals surface area contributed by atoms with Crippen LogP contribution in [0.15, 0.2) is 42.5 Å². The topological polar surface area (TPSA) is 66.5 Å². The first-order chi connectivity index (χ1) is 12.2. The van der Waals surface area contributed by atoms with Crippen LogP contribution in [0.4, 0.5) is 5.69 Å². The van der Waals surface area contributed by atoms with Crippen LogP contribution in [0.25, 0.3) is 0 Å². The van der Waals surface area contributed by atoms with Crippen LogP contribution in [0.3, 0.4) is 0 Å². The van der Waals surface area contributed by atoms with Gasteiger partial charge < -0.3 is 5.32 Å². The Balaban J connectivity index is 2.01. The minimum atomic E-state index is -3.50. The molecule has 7 heteroatoms. The lowest BCUT2D eigenvalue weighted by molar-refractivity contribution is -0.120. The molecule has 140 valence electrons. The maximum Gasteiger partial charge on any atom is 0.232 e. The van der Waals surface area contributed by atoms with Gasteiger partial charge in [0.15, 0.2) is 0 Å². The number of hydrogen-bond donors (Lipinski definition) is 1. The Kier molecular flexibility index (Phi) is 6.67. The highest BCUT2D eigenvalue weighted by Crippen LogP contribution is 2.25. The molecule has 5 nitrogen and oxygen atoms in total. The van der Waals surface area contributed by atoms with Gasteiger partial charge in [-0.3, -0.25) is 9.10 Å². The molecular formula is C19H23ClN2O3S. The van der Waals surface area contributed by atoms with Crippen LogP contribution in [-0.2, 0) is 21.2 Å². The first kappa shape index (κ1) is 20.3. The van der Waals surface area contributed by atoms with E-state index in [1.54, 1.807) is 18.2 Å². The Labute approximate surface area is 160 Å². The van der Waals surface area contributed by atoms with Gasteiger partial charge in [0.05, 0.1) is 24.9 Å². The Hall–Kier alpha value is -2.05. The van der Waals surface area contributed by atoms with Gasteiger partial charge in [-0.05, 0) is 37.1 Å². The van der Waals surface area contributed by atoms with Crippen LogP contribution in [0.5, 0.6) is 0 Å². The van der Waals surface area contributed by atoms with Gasteiger partial charge in [0, 0.05) is 11.6 Å². The van der Waals surface area contributed by atoms with Gasteiger partial charge in [-0.1, -0.05) is 47.5 Å². The van der Waals surface area contributed by atoms with Crippen molar-refractivity contribution in [1.29, 1.82) is 0 Å². The van der Waals surface area contributed by atoms with E-state index in [2.05, 4.69) is 5.32 Å². The number of carbonyl (C=O) groups excluding carboxylic acids is 1. The number of benzene rings is 2. The zero-order valence-electron chi connectivity index (χ0n) is 15.1. The molecule has 0 saturated heterocycles. The van der Waals surface area contributed by atoms with Crippen molar-refractivity contribution in [1.82, 2.24) is 5.32 Å². The second-order valence-corrected chi connectivity index (χ2v) is 8.62. The molecule has 26 heavy (non-hydrogen) atoms. The van der Waals surface area contributed by atoms with Gasteiger partial charge in [0.25, 0.3) is 0 Å². The molecule has 0 spiro atoms. The predicted molar refractivity (Wildman–Crippen MR) is 106 cm³/mol. The Morgan fingerprint density at radius 2 is 1.77 bits per heavy atom. The van der Waals surface area contributed by atoms with E-state index in [1.165, 1.54) is 4.31 Å². The third-order valence-electron chi connectivity index (χ3n) is 3.96. The highest BCUT2D eigenvalue weighted by Gasteiger charge is 2.19. The van der Waals surface area contributed by atoms with Crippen molar-refractivity contribution < 1.29 is 13.2 Å².